The van der Waals surface area contributed by atoms with Crippen LogP contribution in [-0.2, 0) is 9.53 Å². The van der Waals surface area contributed by atoms with Crippen molar-refractivity contribution in [3.8, 4) is 0 Å². The summed E-state index contributed by atoms with van der Waals surface area (Å²) >= 11 is 2.54. The first-order chi connectivity index (χ1) is 10.9. The zero-order valence-corrected chi connectivity index (χ0v) is 13.7. The third-order valence-corrected chi connectivity index (χ3v) is 3.82. The second-order valence-corrected chi connectivity index (χ2v) is 5.69. The second-order valence-electron chi connectivity index (χ2n) is 4.90. The summed E-state index contributed by atoms with van der Waals surface area (Å²) in [6, 6.07) is 0.552. The number of halogens is 4. The number of benzene rings is 1. The summed E-state index contributed by atoms with van der Waals surface area (Å²) in [7, 11) is 0. The molecule has 4 nitrogen and oxygen atoms in total. The maximum atomic E-state index is 14.0. The topological polar surface area (TPSA) is 55.4 Å². The Bertz CT molecular complexity index is 687. The highest BCUT2D eigenvalue weighted by atomic mass is 79.9. The lowest BCUT2D eigenvalue weighted by Gasteiger charge is -2.09. The summed E-state index contributed by atoms with van der Waals surface area (Å²) < 4.78 is 44.7. The molecule has 0 aliphatic heterocycles. The van der Waals surface area contributed by atoms with Crippen LogP contribution in [-0.4, -0.2) is 24.4 Å². The molecular formula is C15H13BrF3NO3. The third-order valence-electron chi connectivity index (χ3n) is 3.13. The molecule has 0 aromatic heterocycles. The minimum atomic E-state index is -1.45. The van der Waals surface area contributed by atoms with Gasteiger partial charge in [0.25, 0.3) is 0 Å². The molecule has 124 valence electrons. The van der Waals surface area contributed by atoms with E-state index < -0.39 is 44.8 Å². The van der Waals surface area contributed by atoms with Crippen molar-refractivity contribution in [2.75, 3.05) is 6.61 Å². The Kier molecular flexibility index (Phi) is 5.46. The molecule has 1 fully saturated rings. The zero-order chi connectivity index (χ0) is 17.1. The first kappa shape index (κ1) is 17.5. The van der Waals surface area contributed by atoms with Crippen LogP contribution in [0.4, 0.5) is 13.2 Å². The van der Waals surface area contributed by atoms with Crippen LogP contribution in [0.2, 0.25) is 0 Å². The molecule has 0 bridgehead atoms. The fraction of sp³-hybridized carbons (Fsp3) is 0.333. The number of carbonyl (C=O) groups is 2. The number of hydrogen-bond donors (Lipinski definition) is 1. The van der Waals surface area contributed by atoms with Gasteiger partial charge < -0.3 is 10.1 Å². The molecule has 0 unspecified atom stereocenters. The van der Waals surface area contributed by atoms with E-state index in [1.807, 2.05) is 0 Å². The number of carbonyl (C=O) groups excluding carboxylic acids is 2. The van der Waals surface area contributed by atoms with Crippen LogP contribution in [0.1, 0.15) is 30.1 Å². The minimum Gasteiger partial charge on any atom is -0.462 e. The molecule has 23 heavy (non-hydrogen) atoms. The van der Waals surface area contributed by atoms with E-state index >= 15 is 0 Å². The number of ether oxygens (including phenoxy) is 1. The standard InChI is InChI=1S/C15H13BrF3NO3/c1-2-23-15(22)9(6-20-7-3-4-7)14(21)8-5-10(17)13(19)11(16)12(8)18/h5-7,20H,2-4H2,1H3/b9-6-. The lowest BCUT2D eigenvalue weighted by atomic mass is 10.0. The van der Waals surface area contributed by atoms with Gasteiger partial charge in [-0.25, -0.2) is 18.0 Å². The van der Waals surface area contributed by atoms with Crippen LogP contribution in [0, 0.1) is 17.5 Å². The Morgan fingerprint density at radius 1 is 1.35 bits per heavy atom. The molecule has 1 aliphatic rings. The number of Topliss-reactive ketones (excluding diaryl/α,β-unsaturated/α-hetero) is 1. The van der Waals surface area contributed by atoms with Gasteiger partial charge in [-0.2, -0.15) is 0 Å². The molecule has 1 aliphatic carbocycles. The van der Waals surface area contributed by atoms with Crippen LogP contribution >= 0.6 is 15.9 Å². The molecule has 1 saturated carbocycles. The maximum Gasteiger partial charge on any atom is 0.343 e. The average Bonchev–Trinajstić information content (AvgIpc) is 3.33. The van der Waals surface area contributed by atoms with E-state index in [2.05, 4.69) is 21.2 Å². The molecule has 1 N–H and O–H groups in total. The van der Waals surface area contributed by atoms with Gasteiger partial charge in [0.2, 0.25) is 5.78 Å². The van der Waals surface area contributed by atoms with Gasteiger partial charge in [0.1, 0.15) is 5.57 Å². The molecule has 0 saturated heterocycles. The predicted octanol–water partition coefficient (Wildman–Crippen LogP) is 3.25. The number of esters is 1. The molecule has 1 aromatic carbocycles. The van der Waals surface area contributed by atoms with E-state index in [0.29, 0.717) is 6.07 Å². The van der Waals surface area contributed by atoms with Gasteiger partial charge in [-0.15, -0.1) is 0 Å². The van der Waals surface area contributed by atoms with Gasteiger partial charge in [-0.05, 0) is 41.8 Å². The van der Waals surface area contributed by atoms with E-state index in [1.54, 1.807) is 6.92 Å². The average molecular weight is 392 g/mol. The number of nitrogens with one attached hydrogen (secondary N) is 1. The van der Waals surface area contributed by atoms with Crippen molar-refractivity contribution in [3.63, 3.8) is 0 Å². The summed E-state index contributed by atoms with van der Waals surface area (Å²) in [6.07, 6.45) is 2.89. The molecule has 8 heteroatoms. The summed E-state index contributed by atoms with van der Waals surface area (Å²) in [4.78, 5) is 24.3. The first-order valence-electron chi connectivity index (χ1n) is 6.87. The van der Waals surface area contributed by atoms with Gasteiger partial charge in [0.15, 0.2) is 17.5 Å². The van der Waals surface area contributed by atoms with Gasteiger partial charge in [-0.1, -0.05) is 0 Å². The fourth-order valence-electron chi connectivity index (χ4n) is 1.76. The highest BCUT2D eigenvalue weighted by Gasteiger charge is 2.28. The van der Waals surface area contributed by atoms with Crippen LogP contribution < -0.4 is 5.32 Å². The van der Waals surface area contributed by atoms with Crippen molar-refractivity contribution in [1.29, 1.82) is 0 Å². The minimum absolute atomic E-state index is 0.0108. The lowest BCUT2D eigenvalue weighted by molar-refractivity contribution is -0.138. The summed E-state index contributed by atoms with van der Waals surface area (Å²) in [5.41, 5.74) is -1.23. The van der Waals surface area contributed by atoms with Crippen molar-refractivity contribution in [2.24, 2.45) is 0 Å². The van der Waals surface area contributed by atoms with Crippen LogP contribution in [0.5, 0.6) is 0 Å². The number of rotatable bonds is 6. The zero-order valence-electron chi connectivity index (χ0n) is 12.1. The highest BCUT2D eigenvalue weighted by molar-refractivity contribution is 9.10. The second kappa shape index (κ2) is 7.16. The van der Waals surface area contributed by atoms with E-state index in [0.717, 1.165) is 19.0 Å². The van der Waals surface area contributed by atoms with Crippen molar-refractivity contribution in [1.82, 2.24) is 5.32 Å². The Labute approximate surface area is 138 Å². The summed E-state index contributed by atoms with van der Waals surface area (Å²) in [5.74, 6) is -6.19. The monoisotopic (exact) mass is 391 g/mol. The first-order valence-corrected chi connectivity index (χ1v) is 7.67. The highest BCUT2D eigenvalue weighted by Crippen LogP contribution is 2.27. The molecule has 0 amide bonds. The number of ketones is 1. The van der Waals surface area contributed by atoms with E-state index in [9.17, 15) is 22.8 Å². The van der Waals surface area contributed by atoms with E-state index in [-0.39, 0.29) is 12.6 Å². The molecule has 0 atom stereocenters. The Morgan fingerprint density at radius 3 is 2.57 bits per heavy atom. The van der Waals surface area contributed by atoms with Crippen LogP contribution in [0.15, 0.2) is 22.3 Å². The predicted molar refractivity (Wildman–Crippen MR) is 79.2 cm³/mol. The molecule has 1 aromatic rings. The van der Waals surface area contributed by atoms with Crippen molar-refractivity contribution >= 4 is 27.7 Å². The maximum absolute atomic E-state index is 14.0. The van der Waals surface area contributed by atoms with Gasteiger partial charge in [0, 0.05) is 12.2 Å². The Balaban J connectivity index is 2.40. The molecule has 0 radical (unpaired) electrons. The van der Waals surface area contributed by atoms with Crippen LogP contribution in [0.25, 0.3) is 0 Å². The quantitative estimate of drug-likeness (QED) is 0.154. The molecule has 0 spiro atoms. The molecular weight excluding hydrogens is 379 g/mol. The SMILES string of the molecule is CCOC(=O)/C(=C\NC1CC1)C(=O)c1cc(F)c(F)c(Br)c1F. The Morgan fingerprint density at radius 2 is 2.00 bits per heavy atom. The normalized spacial score (nSPS) is 14.6. The summed E-state index contributed by atoms with van der Waals surface area (Å²) in [5, 5.41) is 2.82. The van der Waals surface area contributed by atoms with Crippen molar-refractivity contribution in [2.45, 2.75) is 25.8 Å². The lowest BCUT2D eigenvalue weighted by Crippen LogP contribution is -2.21. The Hall–Kier alpha value is -1.83. The van der Waals surface area contributed by atoms with Gasteiger partial charge >= 0.3 is 5.97 Å². The molecule has 0 heterocycles. The van der Waals surface area contributed by atoms with Crippen LogP contribution in [0.3, 0.4) is 0 Å². The summed E-state index contributed by atoms with van der Waals surface area (Å²) in [6.45, 7) is 1.56. The van der Waals surface area contributed by atoms with E-state index in [4.69, 9.17) is 4.74 Å². The van der Waals surface area contributed by atoms with Gasteiger partial charge in [0.05, 0.1) is 16.6 Å². The van der Waals surface area contributed by atoms with E-state index in [1.165, 1.54) is 0 Å². The van der Waals surface area contributed by atoms with Crippen molar-refractivity contribution < 1.29 is 27.5 Å². The molecule has 2 rings (SSSR count). The third kappa shape index (κ3) is 3.93. The number of hydrogen-bond acceptors (Lipinski definition) is 4. The smallest absolute Gasteiger partial charge is 0.343 e. The van der Waals surface area contributed by atoms with Gasteiger partial charge in [-0.3, -0.25) is 4.79 Å². The van der Waals surface area contributed by atoms with Crippen molar-refractivity contribution in [3.05, 3.63) is 45.3 Å². The fourth-order valence-corrected chi connectivity index (χ4v) is 2.16. The largest absolute Gasteiger partial charge is 0.462 e.